The van der Waals surface area contributed by atoms with Crippen LogP contribution >= 0.6 is 15.9 Å². The number of halogens is 2. The van der Waals surface area contributed by atoms with Gasteiger partial charge in [-0.1, -0.05) is 15.9 Å². The van der Waals surface area contributed by atoms with Crippen molar-refractivity contribution in [3.8, 4) is 0 Å². The summed E-state index contributed by atoms with van der Waals surface area (Å²) in [6, 6.07) is 4.92. The molecule has 1 aliphatic rings. The third kappa shape index (κ3) is 3.79. The topological polar surface area (TPSA) is 40.5 Å². The second kappa shape index (κ2) is 6.68. The van der Waals surface area contributed by atoms with E-state index < -0.39 is 5.97 Å². The Morgan fingerprint density at radius 3 is 3.05 bits per heavy atom. The summed E-state index contributed by atoms with van der Waals surface area (Å²) in [5.41, 5.74) is 0.662. The van der Waals surface area contributed by atoms with Gasteiger partial charge in [-0.05, 0) is 50.4 Å². The fraction of sp³-hybridized carbons (Fsp3) is 0.533. The van der Waals surface area contributed by atoms with E-state index in [-0.39, 0.29) is 24.2 Å². The van der Waals surface area contributed by atoms with E-state index in [2.05, 4.69) is 20.8 Å². The predicted molar refractivity (Wildman–Crippen MR) is 79.1 cm³/mol. The van der Waals surface area contributed by atoms with Crippen molar-refractivity contribution in [3.63, 3.8) is 0 Å². The van der Waals surface area contributed by atoms with Crippen molar-refractivity contribution in [1.82, 2.24) is 4.90 Å². The Hall–Kier alpha value is -0.940. The molecule has 2 atom stereocenters. The highest BCUT2D eigenvalue weighted by Crippen LogP contribution is 2.30. The third-order valence-electron chi connectivity index (χ3n) is 3.97. The normalized spacial score (nSPS) is 21.6. The van der Waals surface area contributed by atoms with Gasteiger partial charge in [-0.2, -0.15) is 0 Å². The lowest BCUT2D eigenvalue weighted by Gasteiger charge is -2.36. The van der Waals surface area contributed by atoms with Crippen molar-refractivity contribution in [3.05, 3.63) is 34.1 Å². The molecule has 1 N–H and O–H groups in total. The second-order valence-electron chi connectivity index (χ2n) is 5.44. The number of likely N-dealkylation sites (tertiary alicyclic amines) is 1. The van der Waals surface area contributed by atoms with E-state index in [9.17, 15) is 9.18 Å². The number of piperidine rings is 1. The van der Waals surface area contributed by atoms with Crippen LogP contribution in [-0.4, -0.2) is 29.1 Å². The van der Waals surface area contributed by atoms with Crippen molar-refractivity contribution < 1.29 is 14.3 Å². The molecular weight excluding hydrogens is 325 g/mol. The maximum absolute atomic E-state index is 13.9. The summed E-state index contributed by atoms with van der Waals surface area (Å²) in [5, 5.41) is 8.90. The summed E-state index contributed by atoms with van der Waals surface area (Å²) >= 11 is 3.37. The number of carboxylic acids is 1. The summed E-state index contributed by atoms with van der Waals surface area (Å²) in [6.45, 7) is 3.59. The molecule has 2 unspecified atom stereocenters. The lowest BCUT2D eigenvalue weighted by Crippen LogP contribution is -2.38. The molecule has 0 radical (unpaired) electrons. The molecule has 3 nitrogen and oxygen atoms in total. The minimum atomic E-state index is -0.752. The molecule has 0 spiro atoms. The molecule has 0 saturated carbocycles. The van der Waals surface area contributed by atoms with Gasteiger partial charge in [0.1, 0.15) is 5.82 Å². The molecule has 0 aliphatic carbocycles. The van der Waals surface area contributed by atoms with Crippen LogP contribution in [0.15, 0.2) is 22.7 Å². The van der Waals surface area contributed by atoms with Crippen LogP contribution in [0.2, 0.25) is 0 Å². The highest BCUT2D eigenvalue weighted by Gasteiger charge is 2.27. The van der Waals surface area contributed by atoms with Gasteiger partial charge in [0.2, 0.25) is 0 Å². The number of hydrogen-bond acceptors (Lipinski definition) is 2. The van der Waals surface area contributed by atoms with E-state index in [4.69, 9.17) is 5.11 Å². The van der Waals surface area contributed by atoms with Crippen LogP contribution in [0.1, 0.15) is 37.8 Å². The SMILES string of the molecule is CC(c1cc(Br)ccc1F)N1CCCC(CC(=O)O)C1. The number of rotatable bonds is 4. The highest BCUT2D eigenvalue weighted by atomic mass is 79.9. The third-order valence-corrected chi connectivity index (χ3v) is 4.46. The van der Waals surface area contributed by atoms with Crippen LogP contribution in [-0.2, 0) is 4.79 Å². The van der Waals surface area contributed by atoms with Crippen molar-refractivity contribution in [1.29, 1.82) is 0 Å². The van der Waals surface area contributed by atoms with Crippen molar-refractivity contribution >= 4 is 21.9 Å². The molecule has 5 heteroatoms. The minimum Gasteiger partial charge on any atom is -0.481 e. The summed E-state index contributed by atoms with van der Waals surface area (Å²) in [6.07, 6.45) is 2.11. The molecule has 1 aromatic rings. The zero-order valence-corrected chi connectivity index (χ0v) is 13.1. The number of hydrogen-bond donors (Lipinski definition) is 1. The van der Waals surface area contributed by atoms with Gasteiger partial charge in [-0.25, -0.2) is 4.39 Å². The number of carboxylic acid groups (broad SMARTS) is 1. The van der Waals surface area contributed by atoms with E-state index >= 15 is 0 Å². The molecule has 0 amide bonds. The second-order valence-corrected chi connectivity index (χ2v) is 6.36. The number of nitrogens with zero attached hydrogens (tertiary/aromatic N) is 1. The fourth-order valence-corrected chi connectivity index (χ4v) is 3.27. The van der Waals surface area contributed by atoms with E-state index in [1.54, 1.807) is 12.1 Å². The monoisotopic (exact) mass is 343 g/mol. The Morgan fingerprint density at radius 2 is 2.35 bits per heavy atom. The zero-order valence-electron chi connectivity index (χ0n) is 11.5. The predicted octanol–water partition coefficient (Wildman–Crippen LogP) is 3.84. The standard InChI is InChI=1S/C15H19BrFNO2/c1-10(13-8-12(16)4-5-14(13)17)18-6-2-3-11(9-18)7-15(19)20/h4-5,8,10-11H,2-3,6-7,9H2,1H3,(H,19,20). The van der Waals surface area contributed by atoms with Crippen LogP contribution in [0.25, 0.3) is 0 Å². The quantitative estimate of drug-likeness (QED) is 0.902. The molecule has 110 valence electrons. The molecule has 1 aromatic carbocycles. The van der Waals surface area contributed by atoms with Gasteiger partial charge in [-0.15, -0.1) is 0 Å². The van der Waals surface area contributed by atoms with Crippen LogP contribution in [0.5, 0.6) is 0 Å². The van der Waals surface area contributed by atoms with Crippen LogP contribution < -0.4 is 0 Å². The summed E-state index contributed by atoms with van der Waals surface area (Å²) < 4.78 is 14.8. The molecule has 20 heavy (non-hydrogen) atoms. The van der Waals surface area contributed by atoms with Gasteiger partial charge < -0.3 is 5.11 Å². The Balaban J connectivity index is 2.09. The smallest absolute Gasteiger partial charge is 0.303 e. The Kier molecular flexibility index (Phi) is 5.16. The molecule has 0 aromatic heterocycles. The highest BCUT2D eigenvalue weighted by molar-refractivity contribution is 9.10. The molecule has 1 heterocycles. The van der Waals surface area contributed by atoms with E-state index in [1.807, 2.05) is 6.92 Å². The average molecular weight is 344 g/mol. The van der Waals surface area contributed by atoms with Gasteiger partial charge in [0.05, 0.1) is 0 Å². The first-order chi connectivity index (χ1) is 9.47. The minimum absolute atomic E-state index is 0.0379. The molecule has 1 aliphatic heterocycles. The maximum Gasteiger partial charge on any atom is 0.303 e. The van der Waals surface area contributed by atoms with Gasteiger partial charge in [0.25, 0.3) is 0 Å². The van der Waals surface area contributed by atoms with E-state index in [0.29, 0.717) is 5.56 Å². The largest absolute Gasteiger partial charge is 0.481 e. The van der Waals surface area contributed by atoms with Crippen molar-refractivity contribution in [2.24, 2.45) is 5.92 Å². The first kappa shape index (κ1) is 15.4. The van der Waals surface area contributed by atoms with Crippen molar-refractivity contribution in [2.75, 3.05) is 13.1 Å². The Bertz CT molecular complexity index is 495. The van der Waals surface area contributed by atoms with Crippen LogP contribution in [0, 0.1) is 11.7 Å². The summed E-state index contributed by atoms with van der Waals surface area (Å²) in [4.78, 5) is 13.0. The van der Waals surface area contributed by atoms with Crippen LogP contribution in [0.4, 0.5) is 4.39 Å². The van der Waals surface area contributed by atoms with Crippen molar-refractivity contribution in [2.45, 2.75) is 32.2 Å². The summed E-state index contributed by atoms with van der Waals surface area (Å²) in [5.74, 6) is -0.793. The Labute approximate surface area is 126 Å². The van der Waals surface area contributed by atoms with Gasteiger partial charge in [0.15, 0.2) is 0 Å². The maximum atomic E-state index is 13.9. The number of aliphatic carboxylic acids is 1. The number of benzene rings is 1. The first-order valence-electron chi connectivity index (χ1n) is 6.88. The average Bonchev–Trinajstić information content (AvgIpc) is 2.40. The molecule has 2 rings (SSSR count). The zero-order chi connectivity index (χ0) is 14.7. The fourth-order valence-electron chi connectivity index (χ4n) is 2.89. The lowest BCUT2D eigenvalue weighted by atomic mass is 9.92. The van der Waals surface area contributed by atoms with Crippen LogP contribution in [0.3, 0.4) is 0 Å². The van der Waals surface area contributed by atoms with Gasteiger partial charge >= 0.3 is 5.97 Å². The molecular formula is C15H19BrFNO2. The molecule has 1 saturated heterocycles. The van der Waals surface area contributed by atoms with E-state index in [1.165, 1.54) is 6.07 Å². The Morgan fingerprint density at radius 1 is 1.60 bits per heavy atom. The molecule has 0 bridgehead atoms. The lowest BCUT2D eigenvalue weighted by molar-refractivity contribution is -0.138. The molecule has 1 fully saturated rings. The summed E-state index contributed by atoms with van der Waals surface area (Å²) in [7, 11) is 0. The van der Waals surface area contributed by atoms with Gasteiger partial charge in [0, 0.05) is 29.0 Å². The van der Waals surface area contributed by atoms with Gasteiger partial charge in [-0.3, -0.25) is 9.69 Å². The number of carbonyl (C=O) groups is 1. The first-order valence-corrected chi connectivity index (χ1v) is 7.67. The van der Waals surface area contributed by atoms with E-state index in [0.717, 1.165) is 30.4 Å².